The fourth-order valence-electron chi connectivity index (χ4n) is 1.83. The molecule has 0 radical (unpaired) electrons. The molecule has 0 spiro atoms. The highest BCUT2D eigenvalue weighted by Gasteiger charge is 2.20. The van der Waals surface area contributed by atoms with Crippen LogP contribution in [0.2, 0.25) is 0 Å². The lowest BCUT2D eigenvalue weighted by Gasteiger charge is -2.32. The summed E-state index contributed by atoms with van der Waals surface area (Å²) < 4.78 is 0. The molecule has 1 saturated heterocycles. The summed E-state index contributed by atoms with van der Waals surface area (Å²) in [5.41, 5.74) is 0. The third kappa shape index (κ3) is 6.19. The van der Waals surface area contributed by atoms with Gasteiger partial charge in [-0.05, 0) is 19.9 Å². The van der Waals surface area contributed by atoms with Crippen LogP contribution in [-0.4, -0.2) is 66.0 Å². The number of piperazine rings is 1. The van der Waals surface area contributed by atoms with Gasteiger partial charge in [0.2, 0.25) is 5.91 Å². The molecule has 1 fully saturated rings. The minimum Gasteiger partial charge on any atom is -0.481 e. The number of nitrogens with one attached hydrogen (secondary N) is 1. The minimum atomic E-state index is -0.867. The van der Waals surface area contributed by atoms with Gasteiger partial charge in [0.15, 0.2) is 0 Å². The Morgan fingerprint density at radius 2 is 1.63 bits per heavy atom. The number of nitrogens with zero attached hydrogens (tertiary/aromatic N) is 2. The zero-order valence-electron chi connectivity index (χ0n) is 11.2. The van der Waals surface area contributed by atoms with Crippen molar-refractivity contribution in [3.63, 3.8) is 0 Å². The number of carboxylic acid groups (broad SMARTS) is 1. The number of imide groups is 1. The van der Waals surface area contributed by atoms with Crippen molar-refractivity contribution in [2.24, 2.45) is 0 Å². The predicted octanol–water partition coefficient (Wildman–Crippen LogP) is 0.115. The van der Waals surface area contributed by atoms with E-state index in [1.807, 2.05) is 7.05 Å². The van der Waals surface area contributed by atoms with E-state index in [1.165, 1.54) is 0 Å². The molecule has 0 bridgehead atoms. The second-order valence-corrected chi connectivity index (χ2v) is 4.74. The van der Waals surface area contributed by atoms with Gasteiger partial charge < -0.3 is 14.9 Å². The molecular formula is C12H21N3O4. The molecule has 2 N–H and O–H groups in total. The summed E-state index contributed by atoms with van der Waals surface area (Å²) in [5, 5.41) is 10.8. The van der Waals surface area contributed by atoms with Crippen molar-refractivity contribution in [2.45, 2.75) is 25.7 Å². The van der Waals surface area contributed by atoms with Gasteiger partial charge in [0.25, 0.3) is 0 Å². The van der Waals surface area contributed by atoms with Crippen molar-refractivity contribution in [1.29, 1.82) is 0 Å². The van der Waals surface area contributed by atoms with E-state index in [9.17, 15) is 14.4 Å². The highest BCUT2D eigenvalue weighted by atomic mass is 16.4. The lowest BCUT2D eigenvalue weighted by Crippen LogP contribution is -2.51. The van der Waals surface area contributed by atoms with Gasteiger partial charge in [0.1, 0.15) is 0 Å². The van der Waals surface area contributed by atoms with E-state index in [0.29, 0.717) is 25.9 Å². The molecule has 0 aromatic rings. The zero-order valence-corrected chi connectivity index (χ0v) is 11.2. The Morgan fingerprint density at radius 3 is 2.21 bits per heavy atom. The number of unbranched alkanes of at least 4 members (excludes halogenated alkanes) is 1. The topological polar surface area (TPSA) is 90.0 Å². The van der Waals surface area contributed by atoms with Gasteiger partial charge in [0.05, 0.1) is 0 Å². The van der Waals surface area contributed by atoms with Crippen LogP contribution >= 0.6 is 0 Å². The first-order valence-corrected chi connectivity index (χ1v) is 6.48. The number of hydrogen-bond acceptors (Lipinski definition) is 4. The van der Waals surface area contributed by atoms with Crippen molar-refractivity contribution in [1.82, 2.24) is 15.1 Å². The Hall–Kier alpha value is -1.63. The Morgan fingerprint density at radius 1 is 1.05 bits per heavy atom. The molecule has 1 heterocycles. The molecule has 1 aliphatic heterocycles. The van der Waals surface area contributed by atoms with Gasteiger partial charge in [-0.3, -0.25) is 14.9 Å². The average Bonchev–Trinajstić information content (AvgIpc) is 2.35. The molecule has 0 aromatic carbocycles. The Labute approximate surface area is 112 Å². The van der Waals surface area contributed by atoms with E-state index >= 15 is 0 Å². The van der Waals surface area contributed by atoms with E-state index in [2.05, 4.69) is 10.2 Å². The van der Waals surface area contributed by atoms with Crippen LogP contribution in [0.1, 0.15) is 25.7 Å². The van der Waals surface area contributed by atoms with Crippen LogP contribution in [0.25, 0.3) is 0 Å². The zero-order chi connectivity index (χ0) is 14.3. The molecule has 108 valence electrons. The van der Waals surface area contributed by atoms with Crippen LogP contribution in [0.3, 0.4) is 0 Å². The normalized spacial score (nSPS) is 16.2. The number of carbonyl (C=O) groups excluding carboxylic acids is 2. The van der Waals surface area contributed by atoms with E-state index in [4.69, 9.17) is 5.11 Å². The van der Waals surface area contributed by atoms with E-state index in [1.54, 1.807) is 4.90 Å². The fraction of sp³-hybridized carbons (Fsp3) is 0.750. The van der Waals surface area contributed by atoms with Gasteiger partial charge in [-0.1, -0.05) is 0 Å². The molecule has 1 rings (SSSR count). The maximum atomic E-state index is 11.7. The summed E-state index contributed by atoms with van der Waals surface area (Å²) in [5.74, 6) is -1.21. The molecule has 7 heteroatoms. The first-order valence-electron chi connectivity index (χ1n) is 6.48. The van der Waals surface area contributed by atoms with Crippen LogP contribution in [0.4, 0.5) is 4.79 Å². The highest BCUT2D eigenvalue weighted by Crippen LogP contribution is 2.02. The standard InChI is InChI=1S/C12H21N3O4/c1-14-6-8-15(9-7-14)12(19)13-10(16)4-2-3-5-11(17)18/h2-9H2,1H3,(H,17,18)(H,13,16,19). The van der Waals surface area contributed by atoms with Gasteiger partial charge in [-0.25, -0.2) is 4.79 Å². The number of carboxylic acids is 1. The number of hydrogen-bond donors (Lipinski definition) is 2. The van der Waals surface area contributed by atoms with E-state index in [0.717, 1.165) is 13.1 Å². The van der Waals surface area contributed by atoms with Crippen LogP contribution in [0.5, 0.6) is 0 Å². The summed E-state index contributed by atoms with van der Waals surface area (Å²) in [6, 6.07) is -0.351. The van der Waals surface area contributed by atoms with Crippen molar-refractivity contribution in [3.05, 3.63) is 0 Å². The summed E-state index contributed by atoms with van der Waals surface area (Å²) >= 11 is 0. The SMILES string of the molecule is CN1CCN(C(=O)NC(=O)CCCCC(=O)O)CC1. The van der Waals surface area contributed by atoms with Crippen molar-refractivity contribution >= 4 is 17.9 Å². The molecule has 0 unspecified atom stereocenters. The quantitative estimate of drug-likeness (QED) is 0.693. The molecule has 0 aliphatic carbocycles. The molecule has 0 atom stereocenters. The van der Waals surface area contributed by atoms with Crippen LogP contribution in [-0.2, 0) is 9.59 Å². The number of carbonyl (C=O) groups is 3. The highest BCUT2D eigenvalue weighted by molar-refractivity contribution is 5.94. The molecule has 0 saturated carbocycles. The Bertz CT molecular complexity index is 338. The lowest BCUT2D eigenvalue weighted by molar-refractivity contribution is -0.137. The first-order chi connectivity index (χ1) is 8.99. The second kappa shape index (κ2) is 7.73. The third-order valence-electron chi connectivity index (χ3n) is 3.08. The number of aliphatic carboxylic acids is 1. The average molecular weight is 271 g/mol. The number of urea groups is 1. The molecular weight excluding hydrogens is 250 g/mol. The minimum absolute atomic E-state index is 0.0552. The fourth-order valence-corrected chi connectivity index (χ4v) is 1.83. The van der Waals surface area contributed by atoms with Crippen molar-refractivity contribution in [3.8, 4) is 0 Å². The van der Waals surface area contributed by atoms with Crippen LogP contribution < -0.4 is 5.32 Å². The maximum absolute atomic E-state index is 11.7. The number of amides is 3. The smallest absolute Gasteiger partial charge is 0.324 e. The maximum Gasteiger partial charge on any atom is 0.324 e. The van der Waals surface area contributed by atoms with Crippen molar-refractivity contribution in [2.75, 3.05) is 33.2 Å². The third-order valence-corrected chi connectivity index (χ3v) is 3.08. The van der Waals surface area contributed by atoms with E-state index < -0.39 is 5.97 Å². The first kappa shape index (κ1) is 15.4. The number of likely N-dealkylation sites (N-methyl/N-ethyl adjacent to an activating group) is 1. The van der Waals surface area contributed by atoms with Crippen LogP contribution in [0, 0.1) is 0 Å². The Balaban J connectivity index is 2.17. The lowest BCUT2D eigenvalue weighted by atomic mass is 10.2. The molecule has 1 aliphatic rings. The summed E-state index contributed by atoms with van der Waals surface area (Å²) in [6.07, 6.45) is 1.17. The van der Waals surface area contributed by atoms with E-state index in [-0.39, 0.29) is 24.8 Å². The van der Waals surface area contributed by atoms with Gasteiger partial charge in [-0.15, -0.1) is 0 Å². The monoisotopic (exact) mass is 271 g/mol. The molecule has 0 aromatic heterocycles. The largest absolute Gasteiger partial charge is 0.481 e. The number of rotatable bonds is 5. The predicted molar refractivity (Wildman–Crippen MR) is 68.7 cm³/mol. The van der Waals surface area contributed by atoms with Crippen molar-refractivity contribution < 1.29 is 19.5 Å². The van der Waals surface area contributed by atoms with Gasteiger partial charge >= 0.3 is 12.0 Å². The Kier molecular flexibility index (Phi) is 6.27. The van der Waals surface area contributed by atoms with Gasteiger partial charge in [-0.2, -0.15) is 0 Å². The van der Waals surface area contributed by atoms with Crippen LogP contribution in [0.15, 0.2) is 0 Å². The molecule has 19 heavy (non-hydrogen) atoms. The second-order valence-electron chi connectivity index (χ2n) is 4.74. The van der Waals surface area contributed by atoms with Gasteiger partial charge in [0, 0.05) is 39.0 Å². The summed E-state index contributed by atoms with van der Waals surface area (Å²) in [7, 11) is 1.99. The molecule has 7 nitrogen and oxygen atoms in total. The summed E-state index contributed by atoms with van der Waals surface area (Å²) in [6.45, 7) is 2.85. The summed E-state index contributed by atoms with van der Waals surface area (Å²) in [4.78, 5) is 37.3. The molecule has 3 amide bonds.